The number of piperidine rings is 1. The molecule has 1 aromatic rings. The summed E-state index contributed by atoms with van der Waals surface area (Å²) >= 11 is 0. The second-order valence-corrected chi connectivity index (χ2v) is 5.65. The zero-order chi connectivity index (χ0) is 15.3. The first kappa shape index (κ1) is 15.5. The van der Waals surface area contributed by atoms with E-state index in [1.165, 1.54) is 0 Å². The van der Waals surface area contributed by atoms with Gasteiger partial charge in [0.15, 0.2) is 0 Å². The van der Waals surface area contributed by atoms with Gasteiger partial charge >= 0.3 is 5.97 Å². The number of rotatable bonds is 5. The van der Waals surface area contributed by atoms with E-state index in [0.717, 1.165) is 31.5 Å². The van der Waals surface area contributed by atoms with E-state index >= 15 is 0 Å². The summed E-state index contributed by atoms with van der Waals surface area (Å²) in [7, 11) is 0. The van der Waals surface area contributed by atoms with Crippen molar-refractivity contribution in [3.63, 3.8) is 0 Å². The molecule has 1 amide bonds. The lowest BCUT2D eigenvalue weighted by atomic mass is 9.89. The fourth-order valence-electron chi connectivity index (χ4n) is 2.70. The molecular weight excluding hydrogens is 268 g/mol. The first-order valence-corrected chi connectivity index (χ1v) is 7.37. The van der Waals surface area contributed by atoms with Crippen LogP contribution in [0.25, 0.3) is 0 Å². The van der Waals surface area contributed by atoms with E-state index in [0.29, 0.717) is 0 Å². The summed E-state index contributed by atoms with van der Waals surface area (Å²) in [5, 5.41) is 12.2. The highest BCUT2D eigenvalue weighted by Crippen LogP contribution is 2.25. The van der Waals surface area contributed by atoms with Gasteiger partial charge in [-0.15, -0.1) is 0 Å². The monoisotopic (exact) mass is 290 g/mol. The van der Waals surface area contributed by atoms with Crippen molar-refractivity contribution in [2.24, 2.45) is 0 Å². The maximum absolute atomic E-state index is 12.9. The van der Waals surface area contributed by atoms with E-state index in [1.807, 2.05) is 37.3 Å². The molecular formula is C16H22N2O3. The number of carbonyl (C=O) groups excluding carboxylic acids is 1. The van der Waals surface area contributed by atoms with Crippen LogP contribution in [-0.2, 0) is 9.59 Å². The summed E-state index contributed by atoms with van der Waals surface area (Å²) in [6.07, 6.45) is 2.80. The second kappa shape index (κ2) is 6.72. The van der Waals surface area contributed by atoms with E-state index in [-0.39, 0.29) is 18.9 Å². The molecule has 114 valence electrons. The maximum Gasteiger partial charge on any atom is 0.305 e. The number of hydrogen-bond donors (Lipinski definition) is 2. The van der Waals surface area contributed by atoms with Gasteiger partial charge in [0.2, 0.25) is 5.91 Å². The quantitative estimate of drug-likeness (QED) is 0.870. The molecule has 1 atom stereocenters. The molecule has 1 aliphatic rings. The number of aliphatic carboxylic acids is 1. The van der Waals surface area contributed by atoms with Crippen LogP contribution in [0.4, 0.5) is 5.69 Å². The van der Waals surface area contributed by atoms with Crippen molar-refractivity contribution >= 4 is 17.6 Å². The molecule has 0 radical (unpaired) electrons. The van der Waals surface area contributed by atoms with Crippen LogP contribution in [0.2, 0.25) is 0 Å². The predicted octanol–water partition coefficient (Wildman–Crippen LogP) is 2.03. The number of nitrogens with one attached hydrogen (secondary N) is 1. The topological polar surface area (TPSA) is 69.6 Å². The lowest BCUT2D eigenvalue weighted by Crippen LogP contribution is -2.58. The molecule has 1 aromatic carbocycles. The number of benzene rings is 1. The Bertz CT molecular complexity index is 496. The average molecular weight is 290 g/mol. The fraction of sp³-hybridized carbons (Fsp3) is 0.500. The number of anilines is 1. The van der Waals surface area contributed by atoms with Gasteiger partial charge < -0.3 is 15.3 Å². The van der Waals surface area contributed by atoms with Crippen LogP contribution >= 0.6 is 0 Å². The summed E-state index contributed by atoms with van der Waals surface area (Å²) in [5.41, 5.74) is 0.143. The molecule has 1 unspecified atom stereocenters. The molecule has 5 heteroatoms. The van der Waals surface area contributed by atoms with Crippen molar-refractivity contribution in [3.8, 4) is 0 Å². The third-order valence-electron chi connectivity index (χ3n) is 3.95. The summed E-state index contributed by atoms with van der Waals surface area (Å²) in [5.74, 6) is -0.944. The molecule has 2 rings (SSSR count). The van der Waals surface area contributed by atoms with Crippen LogP contribution in [-0.4, -0.2) is 35.6 Å². The predicted molar refractivity (Wildman–Crippen MR) is 81.3 cm³/mol. The molecule has 2 N–H and O–H groups in total. The molecule has 0 aliphatic carbocycles. The molecule has 1 saturated heterocycles. The third kappa shape index (κ3) is 3.82. The van der Waals surface area contributed by atoms with Gasteiger partial charge in [-0.2, -0.15) is 0 Å². The third-order valence-corrected chi connectivity index (χ3v) is 3.95. The molecule has 1 fully saturated rings. The standard InChI is InChI=1S/C16H22N2O3/c1-16(10-5-6-11-17-16)15(21)18(12-9-14(19)20)13-7-3-2-4-8-13/h2-4,7-8,17H,5-6,9-12H2,1H3,(H,19,20). The zero-order valence-corrected chi connectivity index (χ0v) is 12.3. The van der Waals surface area contributed by atoms with Gasteiger partial charge in [0.05, 0.1) is 12.0 Å². The van der Waals surface area contributed by atoms with E-state index in [9.17, 15) is 9.59 Å². The molecule has 1 heterocycles. The van der Waals surface area contributed by atoms with Gasteiger partial charge in [-0.05, 0) is 44.9 Å². The van der Waals surface area contributed by atoms with Crippen LogP contribution in [0.15, 0.2) is 30.3 Å². The largest absolute Gasteiger partial charge is 0.481 e. The molecule has 0 aromatic heterocycles. The lowest BCUT2D eigenvalue weighted by Gasteiger charge is -2.38. The SMILES string of the molecule is CC1(C(=O)N(CCC(=O)O)c2ccccc2)CCCCN1. The van der Waals surface area contributed by atoms with Crippen LogP contribution in [0.3, 0.4) is 0 Å². The summed E-state index contributed by atoms with van der Waals surface area (Å²) in [4.78, 5) is 25.4. The maximum atomic E-state index is 12.9. The Morgan fingerprint density at radius 2 is 2.00 bits per heavy atom. The Balaban J connectivity index is 2.21. The molecule has 0 spiro atoms. The van der Waals surface area contributed by atoms with Gasteiger partial charge in [0.25, 0.3) is 0 Å². The number of carbonyl (C=O) groups is 2. The highest BCUT2D eigenvalue weighted by molar-refractivity contribution is 6.00. The van der Waals surface area contributed by atoms with Crippen molar-refractivity contribution < 1.29 is 14.7 Å². The number of amides is 1. The summed E-state index contributed by atoms with van der Waals surface area (Å²) in [6.45, 7) is 2.92. The van der Waals surface area contributed by atoms with Crippen molar-refractivity contribution in [1.82, 2.24) is 5.32 Å². The average Bonchev–Trinajstić information content (AvgIpc) is 2.49. The highest BCUT2D eigenvalue weighted by Gasteiger charge is 2.38. The van der Waals surface area contributed by atoms with Gasteiger partial charge in [0.1, 0.15) is 0 Å². The van der Waals surface area contributed by atoms with Crippen molar-refractivity contribution in [2.45, 2.75) is 38.1 Å². The van der Waals surface area contributed by atoms with Gasteiger partial charge in [-0.3, -0.25) is 9.59 Å². The number of nitrogens with zero attached hydrogens (tertiary/aromatic N) is 1. The van der Waals surface area contributed by atoms with Gasteiger partial charge in [-0.25, -0.2) is 0 Å². The Kier molecular flexibility index (Phi) is 4.96. The highest BCUT2D eigenvalue weighted by atomic mass is 16.4. The van der Waals surface area contributed by atoms with Crippen molar-refractivity contribution in [3.05, 3.63) is 30.3 Å². The molecule has 0 bridgehead atoms. The second-order valence-electron chi connectivity index (χ2n) is 5.65. The molecule has 5 nitrogen and oxygen atoms in total. The van der Waals surface area contributed by atoms with Crippen molar-refractivity contribution in [2.75, 3.05) is 18.0 Å². The van der Waals surface area contributed by atoms with Crippen LogP contribution in [0.5, 0.6) is 0 Å². The summed E-state index contributed by atoms with van der Waals surface area (Å²) < 4.78 is 0. The van der Waals surface area contributed by atoms with Crippen LogP contribution in [0, 0.1) is 0 Å². The Labute approximate surface area is 125 Å². The Morgan fingerprint density at radius 1 is 1.29 bits per heavy atom. The smallest absolute Gasteiger partial charge is 0.305 e. The minimum absolute atomic E-state index is 0.0466. The summed E-state index contributed by atoms with van der Waals surface area (Å²) in [6, 6.07) is 9.27. The first-order valence-electron chi connectivity index (χ1n) is 7.37. The lowest BCUT2D eigenvalue weighted by molar-refractivity contribution is -0.136. The zero-order valence-electron chi connectivity index (χ0n) is 12.3. The van der Waals surface area contributed by atoms with Crippen LogP contribution < -0.4 is 10.2 Å². The first-order chi connectivity index (χ1) is 10.0. The van der Waals surface area contributed by atoms with Gasteiger partial charge in [-0.1, -0.05) is 18.2 Å². The van der Waals surface area contributed by atoms with Gasteiger partial charge in [0, 0.05) is 12.2 Å². The van der Waals surface area contributed by atoms with E-state index in [4.69, 9.17) is 5.11 Å². The minimum Gasteiger partial charge on any atom is -0.481 e. The normalized spacial score (nSPS) is 21.8. The van der Waals surface area contributed by atoms with E-state index < -0.39 is 11.5 Å². The Hall–Kier alpha value is -1.88. The number of hydrogen-bond acceptors (Lipinski definition) is 3. The minimum atomic E-state index is -0.898. The fourth-order valence-corrected chi connectivity index (χ4v) is 2.70. The van der Waals surface area contributed by atoms with E-state index in [1.54, 1.807) is 4.90 Å². The van der Waals surface area contributed by atoms with Crippen LogP contribution in [0.1, 0.15) is 32.6 Å². The number of carboxylic acids is 1. The molecule has 0 saturated carbocycles. The van der Waals surface area contributed by atoms with E-state index in [2.05, 4.69) is 5.32 Å². The van der Waals surface area contributed by atoms with Crippen molar-refractivity contribution in [1.29, 1.82) is 0 Å². The molecule has 1 aliphatic heterocycles. The number of carboxylic acid groups (broad SMARTS) is 1. The Morgan fingerprint density at radius 3 is 2.57 bits per heavy atom. The molecule has 21 heavy (non-hydrogen) atoms. The number of para-hydroxylation sites is 1.